The zero-order valence-corrected chi connectivity index (χ0v) is 12.6. The number of hydrogen-bond donors (Lipinski definition) is 1. The van der Waals surface area contributed by atoms with E-state index in [4.69, 9.17) is 19.1 Å². The average molecular weight is 342 g/mol. The highest BCUT2D eigenvalue weighted by Gasteiger charge is 2.20. The summed E-state index contributed by atoms with van der Waals surface area (Å²) in [6.45, 7) is 1.83. The Kier molecular flexibility index (Phi) is 3.99. The van der Waals surface area contributed by atoms with E-state index in [0.29, 0.717) is 27.3 Å². The number of aromatic carboxylic acids is 1. The fourth-order valence-corrected chi connectivity index (χ4v) is 2.47. The zero-order chi connectivity index (χ0) is 14.9. The molecular weight excluding hydrogens is 330 g/mol. The Hall–Kier alpha value is -2.02. The van der Waals surface area contributed by atoms with Crippen LogP contribution in [0.15, 0.2) is 21.1 Å². The Morgan fingerprint density at radius 1 is 1.30 bits per heavy atom. The molecule has 0 fully saturated rings. The summed E-state index contributed by atoms with van der Waals surface area (Å²) in [5, 5.41) is 12.4. The lowest BCUT2D eigenvalue weighted by Crippen LogP contribution is -1.96. The van der Waals surface area contributed by atoms with Gasteiger partial charge in [-0.25, -0.2) is 4.79 Å². The van der Waals surface area contributed by atoms with Crippen LogP contribution in [0.5, 0.6) is 11.5 Å². The maximum absolute atomic E-state index is 10.8. The number of rotatable bonds is 4. The second-order valence-electron chi connectivity index (χ2n) is 3.98. The minimum atomic E-state index is -1.14. The molecule has 1 aromatic heterocycles. The predicted octanol–water partition coefficient (Wildman–Crippen LogP) is 3.13. The largest absolute Gasteiger partial charge is 0.493 e. The van der Waals surface area contributed by atoms with Crippen LogP contribution < -0.4 is 9.47 Å². The van der Waals surface area contributed by atoms with Gasteiger partial charge in [0, 0.05) is 17.2 Å². The molecule has 0 aliphatic carbocycles. The van der Waals surface area contributed by atoms with Crippen molar-refractivity contribution in [1.82, 2.24) is 5.16 Å². The molecule has 20 heavy (non-hydrogen) atoms. The standard InChI is InChI=1S/C13H12BrNO5/c1-6-7(10-5-9(13(16)17)15-20-10)4-8(14)12(19-3)11(6)18-2/h4-5H,1-3H3,(H,16,17). The highest BCUT2D eigenvalue weighted by atomic mass is 79.9. The third-order valence-electron chi connectivity index (χ3n) is 2.84. The van der Waals surface area contributed by atoms with Gasteiger partial charge in [-0.2, -0.15) is 0 Å². The van der Waals surface area contributed by atoms with Gasteiger partial charge < -0.3 is 19.1 Å². The summed E-state index contributed by atoms with van der Waals surface area (Å²) in [6.07, 6.45) is 0. The summed E-state index contributed by atoms with van der Waals surface area (Å²) in [5.74, 6) is 0.315. The van der Waals surface area contributed by atoms with Gasteiger partial charge in [0.05, 0.1) is 18.7 Å². The predicted molar refractivity (Wildman–Crippen MR) is 74.4 cm³/mol. The molecule has 0 bridgehead atoms. The number of benzene rings is 1. The van der Waals surface area contributed by atoms with Gasteiger partial charge in [0.1, 0.15) is 0 Å². The van der Waals surface area contributed by atoms with Crippen molar-refractivity contribution in [2.24, 2.45) is 0 Å². The monoisotopic (exact) mass is 341 g/mol. The number of aromatic nitrogens is 1. The molecule has 0 aliphatic rings. The Balaban J connectivity index is 2.62. The van der Waals surface area contributed by atoms with E-state index in [1.807, 2.05) is 6.92 Å². The average Bonchev–Trinajstić information content (AvgIpc) is 2.90. The van der Waals surface area contributed by atoms with E-state index in [1.54, 1.807) is 13.2 Å². The highest BCUT2D eigenvalue weighted by molar-refractivity contribution is 9.10. The van der Waals surface area contributed by atoms with Crippen molar-refractivity contribution in [2.75, 3.05) is 14.2 Å². The number of hydrogen-bond acceptors (Lipinski definition) is 5. The van der Waals surface area contributed by atoms with Crippen LogP contribution in [0.25, 0.3) is 11.3 Å². The molecule has 0 spiro atoms. The summed E-state index contributed by atoms with van der Waals surface area (Å²) in [5.41, 5.74) is 1.29. The number of carbonyl (C=O) groups is 1. The summed E-state index contributed by atoms with van der Waals surface area (Å²) in [6, 6.07) is 3.13. The minimum absolute atomic E-state index is 0.148. The smallest absolute Gasteiger partial charge is 0.358 e. The fraction of sp³-hybridized carbons (Fsp3) is 0.231. The second kappa shape index (κ2) is 5.54. The first-order valence-corrected chi connectivity index (χ1v) is 6.40. The molecule has 0 aliphatic heterocycles. The van der Waals surface area contributed by atoms with Crippen LogP contribution in [0.1, 0.15) is 16.1 Å². The quantitative estimate of drug-likeness (QED) is 0.919. The molecule has 1 aromatic carbocycles. The van der Waals surface area contributed by atoms with Crippen LogP contribution in [0.3, 0.4) is 0 Å². The Labute approximate surface area is 123 Å². The first kappa shape index (κ1) is 14.4. The summed E-state index contributed by atoms with van der Waals surface area (Å²) in [7, 11) is 3.07. The molecule has 0 amide bonds. The van der Waals surface area contributed by atoms with Crippen molar-refractivity contribution < 1.29 is 23.9 Å². The Morgan fingerprint density at radius 2 is 1.95 bits per heavy atom. The van der Waals surface area contributed by atoms with Crippen molar-refractivity contribution in [1.29, 1.82) is 0 Å². The third kappa shape index (κ3) is 2.36. The van der Waals surface area contributed by atoms with Crippen molar-refractivity contribution in [3.8, 4) is 22.8 Å². The zero-order valence-electron chi connectivity index (χ0n) is 11.1. The van der Waals surface area contributed by atoms with Crippen LogP contribution >= 0.6 is 15.9 Å². The molecule has 0 saturated heterocycles. The lowest BCUT2D eigenvalue weighted by molar-refractivity contribution is 0.0686. The molecule has 7 heteroatoms. The summed E-state index contributed by atoms with van der Waals surface area (Å²) in [4.78, 5) is 10.8. The lowest BCUT2D eigenvalue weighted by Gasteiger charge is -2.14. The Morgan fingerprint density at radius 3 is 2.45 bits per heavy atom. The molecular formula is C13H12BrNO5. The van der Waals surface area contributed by atoms with Gasteiger partial charge in [-0.3, -0.25) is 0 Å². The molecule has 6 nitrogen and oxygen atoms in total. The topological polar surface area (TPSA) is 81.8 Å². The number of ether oxygens (including phenoxy) is 2. The molecule has 0 atom stereocenters. The normalized spacial score (nSPS) is 10.4. The summed E-state index contributed by atoms with van der Waals surface area (Å²) >= 11 is 3.38. The van der Waals surface area contributed by atoms with Crippen molar-refractivity contribution in [3.05, 3.63) is 27.9 Å². The first-order valence-electron chi connectivity index (χ1n) is 5.61. The maximum Gasteiger partial charge on any atom is 0.358 e. The maximum atomic E-state index is 10.8. The Bertz CT molecular complexity index is 665. The molecule has 1 heterocycles. The molecule has 1 N–H and O–H groups in total. The van der Waals surface area contributed by atoms with E-state index in [1.165, 1.54) is 13.2 Å². The number of halogens is 1. The first-order chi connectivity index (χ1) is 9.49. The second-order valence-corrected chi connectivity index (χ2v) is 4.83. The number of carboxylic acid groups (broad SMARTS) is 1. The van der Waals surface area contributed by atoms with Crippen LogP contribution in [0.4, 0.5) is 0 Å². The fourth-order valence-electron chi connectivity index (χ4n) is 1.90. The van der Waals surface area contributed by atoms with Gasteiger partial charge in [0.25, 0.3) is 0 Å². The van der Waals surface area contributed by atoms with Gasteiger partial charge in [0.2, 0.25) is 0 Å². The van der Waals surface area contributed by atoms with E-state index in [0.717, 1.165) is 5.56 Å². The van der Waals surface area contributed by atoms with Gasteiger partial charge in [-0.15, -0.1) is 0 Å². The van der Waals surface area contributed by atoms with E-state index in [9.17, 15) is 4.79 Å². The van der Waals surface area contributed by atoms with E-state index in [-0.39, 0.29) is 5.69 Å². The molecule has 0 radical (unpaired) electrons. The van der Waals surface area contributed by atoms with Crippen LogP contribution in [0.2, 0.25) is 0 Å². The van der Waals surface area contributed by atoms with Crippen LogP contribution in [-0.2, 0) is 0 Å². The van der Waals surface area contributed by atoms with E-state index >= 15 is 0 Å². The van der Waals surface area contributed by atoms with Gasteiger partial charge >= 0.3 is 5.97 Å². The molecule has 106 valence electrons. The molecule has 0 unspecified atom stereocenters. The lowest BCUT2D eigenvalue weighted by atomic mass is 10.0. The highest BCUT2D eigenvalue weighted by Crippen LogP contribution is 2.43. The van der Waals surface area contributed by atoms with E-state index < -0.39 is 5.97 Å². The molecule has 2 rings (SSSR count). The molecule has 0 saturated carbocycles. The van der Waals surface area contributed by atoms with Crippen molar-refractivity contribution >= 4 is 21.9 Å². The van der Waals surface area contributed by atoms with Crippen LogP contribution in [0, 0.1) is 6.92 Å². The minimum Gasteiger partial charge on any atom is -0.493 e. The number of carboxylic acids is 1. The SMILES string of the molecule is COc1c(Br)cc(-c2cc(C(=O)O)no2)c(C)c1OC. The van der Waals surface area contributed by atoms with Gasteiger partial charge in [-0.05, 0) is 28.9 Å². The van der Waals surface area contributed by atoms with Crippen LogP contribution in [-0.4, -0.2) is 30.5 Å². The van der Waals surface area contributed by atoms with Gasteiger partial charge in [-0.1, -0.05) is 5.16 Å². The molecule has 2 aromatic rings. The number of methoxy groups -OCH3 is 2. The van der Waals surface area contributed by atoms with Crippen molar-refractivity contribution in [3.63, 3.8) is 0 Å². The van der Waals surface area contributed by atoms with E-state index in [2.05, 4.69) is 21.1 Å². The third-order valence-corrected chi connectivity index (χ3v) is 3.43. The summed E-state index contributed by atoms with van der Waals surface area (Å²) < 4.78 is 16.3. The number of nitrogens with zero attached hydrogens (tertiary/aromatic N) is 1. The van der Waals surface area contributed by atoms with Crippen molar-refractivity contribution in [2.45, 2.75) is 6.92 Å². The van der Waals surface area contributed by atoms with Gasteiger partial charge in [0.15, 0.2) is 23.0 Å².